The van der Waals surface area contributed by atoms with Crippen LogP contribution in [-0.4, -0.2) is 28.6 Å². The third-order valence-corrected chi connectivity index (χ3v) is 9.98. The highest BCUT2D eigenvalue weighted by molar-refractivity contribution is 8.76. The first-order valence-electron chi connectivity index (χ1n) is 13.1. The number of fused-ring (bicyclic) bond motifs is 2. The summed E-state index contributed by atoms with van der Waals surface area (Å²) in [5, 5.41) is 0. The number of carbonyl (C=O) groups is 1. The first-order chi connectivity index (χ1) is 17.1. The Kier molecular flexibility index (Phi) is 9.68. The Hall–Kier alpha value is -1.70. The van der Waals surface area contributed by atoms with Crippen molar-refractivity contribution in [3.63, 3.8) is 0 Å². The normalized spacial score (nSPS) is 15.6. The van der Waals surface area contributed by atoms with Gasteiger partial charge in [0, 0.05) is 28.2 Å². The van der Waals surface area contributed by atoms with Crippen LogP contribution in [0, 0.1) is 6.92 Å². The van der Waals surface area contributed by atoms with Crippen LogP contribution in [0.3, 0.4) is 0 Å². The minimum Gasteiger partial charge on any atom is -1.00 e. The van der Waals surface area contributed by atoms with E-state index in [0.29, 0.717) is 0 Å². The van der Waals surface area contributed by atoms with E-state index in [1.807, 2.05) is 61.5 Å². The maximum absolute atomic E-state index is 13.1. The molecule has 1 N–H and O–H groups in total. The van der Waals surface area contributed by atoms with Gasteiger partial charge in [0.1, 0.15) is 17.0 Å². The molecule has 0 bridgehead atoms. The Morgan fingerprint density at radius 2 is 1.70 bits per heavy atom. The van der Waals surface area contributed by atoms with Crippen LogP contribution < -0.4 is 21.7 Å². The van der Waals surface area contributed by atoms with E-state index in [-0.39, 0.29) is 18.2 Å². The van der Waals surface area contributed by atoms with Crippen LogP contribution in [0.25, 0.3) is 17.0 Å². The zero-order chi connectivity index (χ0) is 26.1. The number of unbranched alkanes of at least 4 members (excludes halogenated alkanes) is 4. The molecule has 0 atom stereocenters. The van der Waals surface area contributed by atoms with Gasteiger partial charge in [-0.15, -0.1) is 0 Å². The van der Waals surface area contributed by atoms with Crippen molar-refractivity contribution in [1.29, 1.82) is 0 Å². The number of H-pyrrole nitrogens is 1. The number of halogens is 1. The second-order valence-corrected chi connectivity index (χ2v) is 13.5. The van der Waals surface area contributed by atoms with Gasteiger partial charge in [0.2, 0.25) is 0 Å². The minimum absolute atomic E-state index is 0. The summed E-state index contributed by atoms with van der Waals surface area (Å²) in [6.45, 7) is 12.5. The molecule has 1 aliphatic rings. The molecule has 0 spiro atoms. The fraction of sp³-hybridized carbons (Fsp3) is 0.552. The number of aromatic nitrogens is 3. The largest absolute Gasteiger partial charge is 1.00 e. The van der Waals surface area contributed by atoms with Crippen LogP contribution in [0.4, 0.5) is 0 Å². The Morgan fingerprint density at radius 1 is 1.03 bits per heavy atom. The summed E-state index contributed by atoms with van der Waals surface area (Å²) in [5.41, 5.74) is 5.34. The highest BCUT2D eigenvalue weighted by Gasteiger charge is 2.50. The summed E-state index contributed by atoms with van der Waals surface area (Å²) in [4.78, 5) is 21.6. The van der Waals surface area contributed by atoms with E-state index in [1.54, 1.807) is 7.11 Å². The first kappa shape index (κ1) is 29.9. The number of benzene rings is 1. The molecule has 8 heteroatoms. The van der Waals surface area contributed by atoms with E-state index in [2.05, 4.69) is 35.5 Å². The topological polar surface area (TPSA) is 58.9 Å². The summed E-state index contributed by atoms with van der Waals surface area (Å²) in [6, 6.07) is 6.24. The number of nitrogens with one attached hydrogen (secondary N) is 1. The molecule has 0 saturated heterocycles. The second kappa shape index (κ2) is 12.0. The maximum Gasteiger partial charge on any atom is 0.402 e. The molecule has 2 heterocycles. The van der Waals surface area contributed by atoms with E-state index in [9.17, 15) is 4.79 Å². The van der Waals surface area contributed by atoms with Gasteiger partial charge in [-0.3, -0.25) is 4.79 Å². The van der Waals surface area contributed by atoms with Gasteiger partial charge in [0.15, 0.2) is 11.3 Å². The quantitative estimate of drug-likeness (QED) is 0.216. The number of methoxy groups -OCH3 is 1. The van der Waals surface area contributed by atoms with Gasteiger partial charge in [0.05, 0.1) is 19.1 Å². The van der Waals surface area contributed by atoms with E-state index >= 15 is 0 Å². The van der Waals surface area contributed by atoms with Gasteiger partial charge in [-0.25, -0.2) is 9.55 Å². The highest BCUT2D eigenvalue weighted by Crippen LogP contribution is 2.47. The predicted molar refractivity (Wildman–Crippen MR) is 152 cm³/mol. The highest BCUT2D eigenvalue weighted by atomic mass is 35.5. The van der Waals surface area contributed by atoms with Crippen LogP contribution in [0.2, 0.25) is 0 Å². The molecule has 1 aliphatic carbocycles. The average Bonchev–Trinajstić information content (AvgIpc) is 3.32. The Morgan fingerprint density at radius 3 is 2.38 bits per heavy atom. The molecule has 5 nitrogen and oxygen atoms in total. The SMILES string of the molecule is CCCCCCCSSCc1c(C)c(OC)cc[n+]1-c1nc2cc3c(cc2[nH]1)C(C)(C)C(=O)C3(C)C.[Cl-]. The van der Waals surface area contributed by atoms with E-state index in [1.165, 1.54) is 43.6 Å². The number of rotatable bonds is 11. The molecule has 2 aromatic heterocycles. The van der Waals surface area contributed by atoms with Crippen LogP contribution in [0.15, 0.2) is 24.4 Å². The summed E-state index contributed by atoms with van der Waals surface area (Å²) in [5.74, 6) is 3.99. The number of ketones is 1. The van der Waals surface area contributed by atoms with Crippen molar-refractivity contribution < 1.29 is 26.5 Å². The first-order valence-corrected chi connectivity index (χ1v) is 15.5. The molecule has 0 aliphatic heterocycles. The van der Waals surface area contributed by atoms with Crippen LogP contribution in [0.5, 0.6) is 5.75 Å². The molecule has 0 saturated carbocycles. The summed E-state index contributed by atoms with van der Waals surface area (Å²) >= 11 is 0. The standard InChI is InChI=1S/C29H40N3O2S2.ClH/c1-8-9-10-11-12-15-35-36-18-24-19(2)25(34-7)13-14-32(24)27-30-22-16-20-21(17-23(22)31-27)29(5,6)26(33)28(20,3)4;/h13-14,16-17H,8-12,15,18H2,1-7H3,(H,30,31);1H/q+1;/p-1. The third-order valence-electron chi connectivity index (χ3n) is 7.62. The smallest absolute Gasteiger partial charge is 0.402 e. The van der Waals surface area contributed by atoms with Crippen molar-refractivity contribution >= 4 is 38.4 Å². The van der Waals surface area contributed by atoms with Gasteiger partial charge in [-0.1, -0.05) is 59.2 Å². The zero-order valence-electron chi connectivity index (χ0n) is 23.2. The van der Waals surface area contributed by atoms with Crippen molar-refractivity contribution in [2.75, 3.05) is 12.9 Å². The Balaban J connectivity index is 0.00000380. The molecule has 0 unspecified atom stereocenters. The van der Waals surface area contributed by atoms with Crippen molar-refractivity contribution in [3.8, 4) is 11.7 Å². The van der Waals surface area contributed by atoms with E-state index < -0.39 is 10.8 Å². The number of hydrogen-bond donors (Lipinski definition) is 1. The number of Topliss-reactive ketones (excluding diaryl/α,β-unsaturated/α-hetero) is 1. The fourth-order valence-corrected chi connectivity index (χ4v) is 7.70. The number of nitrogens with zero attached hydrogens (tertiary/aromatic N) is 2. The molecule has 4 rings (SSSR count). The van der Waals surface area contributed by atoms with Gasteiger partial charge < -0.3 is 17.1 Å². The van der Waals surface area contributed by atoms with Crippen LogP contribution >= 0.6 is 21.6 Å². The number of carbonyl (C=O) groups excluding carboxylic acids is 1. The zero-order valence-corrected chi connectivity index (χ0v) is 25.6. The molecule has 3 aromatic rings. The summed E-state index contributed by atoms with van der Waals surface area (Å²) in [6.07, 6.45) is 8.61. The number of imidazole rings is 1. The predicted octanol–water partition coefficient (Wildman–Crippen LogP) is 4.15. The molecule has 202 valence electrons. The van der Waals surface area contributed by atoms with Crippen molar-refractivity contribution in [3.05, 3.63) is 46.8 Å². The summed E-state index contributed by atoms with van der Waals surface area (Å²) in [7, 11) is 5.57. The molecular formula is C29H40ClN3O2S2. The molecule has 0 radical (unpaired) electrons. The Bertz CT molecular complexity index is 1210. The lowest BCUT2D eigenvalue weighted by Gasteiger charge is -2.21. The molecule has 37 heavy (non-hydrogen) atoms. The van der Waals surface area contributed by atoms with Crippen LogP contribution in [-0.2, 0) is 21.4 Å². The monoisotopic (exact) mass is 561 g/mol. The molecular weight excluding hydrogens is 522 g/mol. The number of hydrogen-bond acceptors (Lipinski definition) is 5. The lowest BCUT2D eigenvalue weighted by Crippen LogP contribution is -3.00. The van der Waals surface area contributed by atoms with E-state index in [4.69, 9.17) is 9.72 Å². The molecule has 0 fully saturated rings. The lowest BCUT2D eigenvalue weighted by atomic mass is 9.80. The van der Waals surface area contributed by atoms with Crippen molar-refractivity contribution in [1.82, 2.24) is 9.97 Å². The van der Waals surface area contributed by atoms with Gasteiger partial charge >= 0.3 is 5.95 Å². The summed E-state index contributed by atoms with van der Waals surface area (Å²) < 4.78 is 7.79. The van der Waals surface area contributed by atoms with Gasteiger partial charge in [-0.05, 0) is 64.3 Å². The number of ether oxygens (including phenoxy) is 1. The second-order valence-electron chi connectivity index (χ2n) is 10.9. The number of aromatic amines is 1. The number of pyridine rings is 1. The van der Waals surface area contributed by atoms with Crippen molar-refractivity contribution in [2.24, 2.45) is 0 Å². The average molecular weight is 562 g/mol. The molecule has 0 amide bonds. The lowest BCUT2D eigenvalue weighted by molar-refractivity contribution is -0.610. The molecule has 1 aromatic carbocycles. The van der Waals surface area contributed by atoms with Crippen LogP contribution in [0.1, 0.15) is 89.1 Å². The third kappa shape index (κ3) is 5.69. The van der Waals surface area contributed by atoms with E-state index in [0.717, 1.165) is 45.2 Å². The van der Waals surface area contributed by atoms with Gasteiger partial charge in [0.25, 0.3) is 0 Å². The Labute approximate surface area is 235 Å². The van der Waals surface area contributed by atoms with Crippen molar-refractivity contribution in [2.45, 2.75) is 90.2 Å². The minimum atomic E-state index is -0.508. The maximum atomic E-state index is 13.1. The fourth-order valence-electron chi connectivity index (χ4n) is 5.42. The van der Waals surface area contributed by atoms with Gasteiger partial charge in [-0.2, -0.15) is 0 Å².